The molecule has 0 radical (unpaired) electrons. The van der Waals surface area contributed by atoms with Crippen molar-refractivity contribution in [3.63, 3.8) is 0 Å². The maximum atomic E-state index is 12.3. The molecule has 29 heavy (non-hydrogen) atoms. The van der Waals surface area contributed by atoms with Crippen molar-refractivity contribution < 1.29 is 23.9 Å². The van der Waals surface area contributed by atoms with Crippen LogP contribution in [0.25, 0.3) is 0 Å². The summed E-state index contributed by atoms with van der Waals surface area (Å²) in [6.07, 6.45) is 0. The van der Waals surface area contributed by atoms with Gasteiger partial charge in [-0.3, -0.25) is 14.4 Å². The summed E-state index contributed by atoms with van der Waals surface area (Å²) in [7, 11) is 2.99. The Kier molecular flexibility index (Phi) is 7.36. The van der Waals surface area contributed by atoms with Crippen molar-refractivity contribution >= 4 is 23.3 Å². The van der Waals surface area contributed by atoms with E-state index in [-0.39, 0.29) is 30.7 Å². The van der Waals surface area contributed by atoms with Gasteiger partial charge in [0, 0.05) is 18.3 Å². The lowest BCUT2D eigenvalue weighted by molar-refractivity contribution is -0.135. The smallest absolute Gasteiger partial charge is 0.260 e. The van der Waals surface area contributed by atoms with Crippen LogP contribution in [0.15, 0.2) is 36.4 Å². The summed E-state index contributed by atoms with van der Waals surface area (Å²) in [6, 6.07) is 10.5. The number of likely N-dealkylation sites (N-methyl/N-ethyl adjacent to an activating group) is 1. The standard InChI is InChI=1S/C22H26N2O5/c1-14-7-6-8-15(2)22(14)23-20(26)12-24(4)21(27)13-29-18-10-9-17(16(3)25)11-19(18)28-5/h6-11H,12-13H2,1-5H3,(H,23,26). The number of Topliss-reactive ketones (excluding diaryl/α,β-unsaturated/α-hetero) is 1. The summed E-state index contributed by atoms with van der Waals surface area (Å²) in [4.78, 5) is 37.4. The molecule has 0 saturated carbocycles. The number of methoxy groups -OCH3 is 1. The topological polar surface area (TPSA) is 84.9 Å². The van der Waals surface area contributed by atoms with Gasteiger partial charge in [-0.2, -0.15) is 0 Å². The zero-order valence-corrected chi connectivity index (χ0v) is 17.4. The molecular formula is C22H26N2O5. The van der Waals surface area contributed by atoms with Gasteiger partial charge in [0.15, 0.2) is 23.9 Å². The average Bonchev–Trinajstić information content (AvgIpc) is 2.68. The zero-order chi connectivity index (χ0) is 21.6. The van der Waals surface area contributed by atoms with Crippen LogP contribution in [0.4, 0.5) is 5.69 Å². The molecule has 7 nitrogen and oxygen atoms in total. The molecule has 0 saturated heterocycles. The van der Waals surface area contributed by atoms with Gasteiger partial charge in [0.05, 0.1) is 13.7 Å². The highest BCUT2D eigenvalue weighted by molar-refractivity contribution is 5.96. The summed E-state index contributed by atoms with van der Waals surface area (Å²) in [5, 5.41) is 2.85. The third-order valence-corrected chi connectivity index (χ3v) is 4.47. The van der Waals surface area contributed by atoms with Gasteiger partial charge < -0.3 is 19.7 Å². The fourth-order valence-electron chi connectivity index (χ4n) is 2.75. The predicted molar refractivity (Wildman–Crippen MR) is 111 cm³/mol. The first-order chi connectivity index (χ1) is 13.7. The molecule has 154 valence electrons. The number of benzene rings is 2. The number of para-hydroxylation sites is 1. The van der Waals surface area contributed by atoms with E-state index in [1.165, 1.54) is 26.0 Å². The number of carbonyl (C=O) groups excluding carboxylic acids is 3. The van der Waals surface area contributed by atoms with Crippen LogP contribution in [-0.4, -0.2) is 49.8 Å². The number of hydrogen-bond acceptors (Lipinski definition) is 5. The number of hydrogen-bond donors (Lipinski definition) is 1. The van der Waals surface area contributed by atoms with E-state index in [2.05, 4.69) is 5.32 Å². The van der Waals surface area contributed by atoms with E-state index in [0.29, 0.717) is 17.1 Å². The van der Waals surface area contributed by atoms with Gasteiger partial charge in [-0.25, -0.2) is 0 Å². The number of rotatable bonds is 8. The molecule has 0 bridgehead atoms. The second kappa shape index (κ2) is 9.73. The first-order valence-corrected chi connectivity index (χ1v) is 9.14. The molecule has 0 aliphatic rings. The maximum absolute atomic E-state index is 12.3. The molecule has 0 spiro atoms. The Morgan fingerprint density at radius 1 is 1.03 bits per heavy atom. The molecule has 0 fully saturated rings. The van der Waals surface area contributed by atoms with E-state index in [1.54, 1.807) is 18.2 Å². The van der Waals surface area contributed by atoms with Crippen LogP contribution >= 0.6 is 0 Å². The summed E-state index contributed by atoms with van der Waals surface area (Å²) in [5.41, 5.74) is 3.15. The minimum Gasteiger partial charge on any atom is -0.493 e. The number of anilines is 1. The van der Waals surface area contributed by atoms with Crippen LogP contribution in [-0.2, 0) is 9.59 Å². The molecule has 0 atom stereocenters. The van der Waals surface area contributed by atoms with Crippen molar-refractivity contribution in [2.24, 2.45) is 0 Å². The Morgan fingerprint density at radius 3 is 2.28 bits per heavy atom. The molecule has 7 heteroatoms. The molecule has 0 aliphatic carbocycles. The lowest BCUT2D eigenvalue weighted by atomic mass is 10.1. The van der Waals surface area contributed by atoms with Crippen molar-refractivity contribution in [1.82, 2.24) is 4.90 Å². The van der Waals surface area contributed by atoms with Crippen LogP contribution in [0.5, 0.6) is 11.5 Å². The second-order valence-corrected chi connectivity index (χ2v) is 6.78. The summed E-state index contributed by atoms with van der Waals surface area (Å²) in [6.45, 7) is 4.92. The van der Waals surface area contributed by atoms with Gasteiger partial charge in [-0.05, 0) is 50.1 Å². The largest absolute Gasteiger partial charge is 0.493 e. The second-order valence-electron chi connectivity index (χ2n) is 6.78. The Balaban J connectivity index is 1.94. The van der Waals surface area contributed by atoms with Gasteiger partial charge in [-0.15, -0.1) is 0 Å². The first kappa shape index (κ1) is 21.9. The van der Waals surface area contributed by atoms with Crippen molar-refractivity contribution in [3.05, 3.63) is 53.1 Å². The number of amides is 2. The van der Waals surface area contributed by atoms with Crippen LogP contribution in [0.1, 0.15) is 28.4 Å². The van der Waals surface area contributed by atoms with Crippen molar-refractivity contribution in [3.8, 4) is 11.5 Å². The predicted octanol–water partition coefficient (Wildman–Crippen LogP) is 2.99. The molecule has 0 unspecified atom stereocenters. The maximum Gasteiger partial charge on any atom is 0.260 e. The van der Waals surface area contributed by atoms with E-state index < -0.39 is 0 Å². The highest BCUT2D eigenvalue weighted by atomic mass is 16.5. The van der Waals surface area contributed by atoms with Gasteiger partial charge >= 0.3 is 0 Å². The fourth-order valence-corrected chi connectivity index (χ4v) is 2.75. The Morgan fingerprint density at radius 2 is 1.69 bits per heavy atom. The molecule has 2 aromatic carbocycles. The zero-order valence-electron chi connectivity index (χ0n) is 17.4. The number of ketones is 1. The first-order valence-electron chi connectivity index (χ1n) is 9.14. The van der Waals surface area contributed by atoms with E-state index in [9.17, 15) is 14.4 Å². The molecule has 0 aromatic heterocycles. The normalized spacial score (nSPS) is 10.2. The molecule has 0 aliphatic heterocycles. The van der Waals surface area contributed by atoms with Gasteiger partial charge in [0.1, 0.15) is 0 Å². The van der Waals surface area contributed by atoms with E-state index in [4.69, 9.17) is 9.47 Å². The quantitative estimate of drug-likeness (QED) is 0.691. The molecule has 2 aromatic rings. The summed E-state index contributed by atoms with van der Waals surface area (Å²) >= 11 is 0. The number of carbonyl (C=O) groups is 3. The number of nitrogens with zero attached hydrogens (tertiary/aromatic N) is 1. The third-order valence-electron chi connectivity index (χ3n) is 4.47. The number of aryl methyl sites for hydroxylation is 2. The fraction of sp³-hybridized carbons (Fsp3) is 0.318. The highest BCUT2D eigenvalue weighted by Crippen LogP contribution is 2.28. The molecule has 0 heterocycles. The molecular weight excluding hydrogens is 372 g/mol. The van der Waals surface area contributed by atoms with Gasteiger partial charge in [0.2, 0.25) is 5.91 Å². The lowest BCUT2D eigenvalue weighted by Gasteiger charge is -2.19. The number of nitrogens with one attached hydrogen (secondary N) is 1. The Bertz CT molecular complexity index is 903. The van der Waals surface area contributed by atoms with Gasteiger partial charge in [0.25, 0.3) is 5.91 Å². The van der Waals surface area contributed by atoms with Crippen molar-refractivity contribution in [2.45, 2.75) is 20.8 Å². The number of ether oxygens (including phenoxy) is 2. The van der Waals surface area contributed by atoms with Crippen LogP contribution < -0.4 is 14.8 Å². The SMILES string of the molecule is COc1cc(C(C)=O)ccc1OCC(=O)N(C)CC(=O)Nc1c(C)cccc1C. The molecule has 2 amide bonds. The third kappa shape index (κ3) is 5.81. The van der Waals surface area contributed by atoms with Crippen molar-refractivity contribution in [1.29, 1.82) is 0 Å². The highest BCUT2D eigenvalue weighted by Gasteiger charge is 2.16. The van der Waals surface area contributed by atoms with Crippen LogP contribution in [0, 0.1) is 13.8 Å². The van der Waals surface area contributed by atoms with Crippen LogP contribution in [0.2, 0.25) is 0 Å². The van der Waals surface area contributed by atoms with Crippen molar-refractivity contribution in [2.75, 3.05) is 32.6 Å². The molecule has 2 rings (SSSR count). The Labute approximate surface area is 170 Å². The van der Waals surface area contributed by atoms with Gasteiger partial charge in [-0.1, -0.05) is 18.2 Å². The minimum atomic E-state index is -0.362. The van der Waals surface area contributed by atoms with E-state index >= 15 is 0 Å². The lowest BCUT2D eigenvalue weighted by Crippen LogP contribution is -2.37. The molecule has 1 N–H and O–H groups in total. The van der Waals surface area contributed by atoms with E-state index in [0.717, 1.165) is 16.8 Å². The van der Waals surface area contributed by atoms with Crippen LogP contribution in [0.3, 0.4) is 0 Å². The Hall–Kier alpha value is -3.35. The monoisotopic (exact) mass is 398 g/mol. The van der Waals surface area contributed by atoms with E-state index in [1.807, 2.05) is 32.0 Å². The summed E-state index contributed by atoms with van der Waals surface area (Å²) < 4.78 is 10.7. The minimum absolute atomic E-state index is 0.0967. The average molecular weight is 398 g/mol. The summed E-state index contributed by atoms with van der Waals surface area (Å²) in [5.74, 6) is -0.0401.